The number of piperidine rings is 1. The topological polar surface area (TPSA) is 139 Å². The lowest BCUT2D eigenvalue weighted by Gasteiger charge is -2.40. The van der Waals surface area contributed by atoms with E-state index < -0.39 is 35.1 Å². The second-order valence-corrected chi connectivity index (χ2v) is 8.04. The van der Waals surface area contributed by atoms with Gasteiger partial charge in [-0.2, -0.15) is 0 Å². The number of nitrogens with zero attached hydrogens (tertiary/aromatic N) is 1. The normalized spacial score (nSPS) is 30.4. The molecule has 1 heterocycles. The number of carbonyl (C=O) groups excluding carboxylic acids is 2. The second-order valence-electron chi connectivity index (χ2n) is 8.04. The minimum absolute atomic E-state index is 0.147. The van der Waals surface area contributed by atoms with Crippen molar-refractivity contribution in [1.82, 2.24) is 0 Å². The van der Waals surface area contributed by atoms with Gasteiger partial charge < -0.3 is 30.4 Å². The molecule has 0 saturated carbocycles. The number of ketones is 2. The highest BCUT2D eigenvalue weighted by atomic mass is 16.4. The second kappa shape index (κ2) is 6.30. The molecule has 0 radical (unpaired) electrons. The molecule has 1 aromatic rings. The summed E-state index contributed by atoms with van der Waals surface area (Å²) in [5, 5.41) is 52.1. The number of fused-ring (bicyclic) bond motifs is 1. The van der Waals surface area contributed by atoms with Crippen LogP contribution >= 0.6 is 0 Å². The lowest BCUT2D eigenvalue weighted by atomic mass is 9.69. The molecule has 1 fully saturated rings. The summed E-state index contributed by atoms with van der Waals surface area (Å²) >= 11 is 0. The highest BCUT2D eigenvalue weighted by Gasteiger charge is 2.51. The van der Waals surface area contributed by atoms with Gasteiger partial charge >= 0.3 is 0 Å². The summed E-state index contributed by atoms with van der Waals surface area (Å²) in [7, 11) is 0. The molecule has 8 nitrogen and oxygen atoms in total. The van der Waals surface area contributed by atoms with Crippen LogP contribution in [0.15, 0.2) is 17.2 Å². The van der Waals surface area contributed by atoms with Crippen LogP contribution in [0.2, 0.25) is 0 Å². The van der Waals surface area contributed by atoms with Crippen LogP contribution in [0.3, 0.4) is 0 Å². The third-order valence-corrected chi connectivity index (χ3v) is 6.02. The van der Waals surface area contributed by atoms with Gasteiger partial charge in [-0.15, -0.1) is 0 Å². The number of aliphatic hydroxyl groups is 3. The molecule has 3 atom stereocenters. The first-order valence-electron chi connectivity index (χ1n) is 9.40. The van der Waals surface area contributed by atoms with E-state index in [1.165, 1.54) is 13.0 Å². The van der Waals surface area contributed by atoms with Crippen molar-refractivity contribution in [3.05, 3.63) is 28.3 Å². The van der Waals surface area contributed by atoms with Crippen LogP contribution in [0.5, 0.6) is 11.5 Å². The molecule has 4 rings (SSSR count). The highest BCUT2D eigenvalue weighted by molar-refractivity contribution is 6.30. The van der Waals surface area contributed by atoms with Gasteiger partial charge in [-0.25, -0.2) is 0 Å². The molecule has 2 aliphatic carbocycles. The largest absolute Gasteiger partial charge is 0.507 e. The van der Waals surface area contributed by atoms with Crippen LogP contribution < -0.4 is 4.90 Å². The van der Waals surface area contributed by atoms with E-state index in [4.69, 9.17) is 0 Å². The minimum Gasteiger partial charge on any atom is -0.507 e. The number of phenolic OH excluding ortho intramolecular Hbond substituents is 2. The van der Waals surface area contributed by atoms with Gasteiger partial charge in [0.05, 0.1) is 22.4 Å². The quantitative estimate of drug-likeness (QED) is 0.441. The van der Waals surface area contributed by atoms with Crippen LogP contribution in [0.1, 0.15) is 53.3 Å². The Morgan fingerprint density at radius 3 is 2.32 bits per heavy atom. The molecule has 0 spiro atoms. The Morgan fingerprint density at radius 1 is 1.04 bits per heavy atom. The van der Waals surface area contributed by atoms with E-state index in [1.807, 2.05) is 4.90 Å². The van der Waals surface area contributed by atoms with E-state index in [0.29, 0.717) is 13.1 Å². The van der Waals surface area contributed by atoms with Crippen molar-refractivity contribution in [3.8, 4) is 11.5 Å². The summed E-state index contributed by atoms with van der Waals surface area (Å²) in [5.41, 5.74) is -2.71. The zero-order valence-electron chi connectivity index (χ0n) is 15.5. The molecule has 1 saturated heterocycles. The lowest BCUT2D eigenvalue weighted by Crippen LogP contribution is -2.54. The van der Waals surface area contributed by atoms with Gasteiger partial charge in [0.1, 0.15) is 18.0 Å². The fraction of sp³-hybridized carbons (Fsp3) is 0.500. The van der Waals surface area contributed by atoms with Gasteiger partial charge in [-0.1, -0.05) is 0 Å². The number of aromatic hydroxyl groups is 2. The molecule has 0 amide bonds. The molecule has 0 unspecified atom stereocenters. The van der Waals surface area contributed by atoms with Crippen LogP contribution in [0, 0.1) is 0 Å². The lowest BCUT2D eigenvalue weighted by molar-refractivity contribution is -0.111. The Labute approximate surface area is 161 Å². The summed E-state index contributed by atoms with van der Waals surface area (Å²) in [4.78, 5) is 28.0. The Morgan fingerprint density at radius 2 is 1.68 bits per heavy atom. The SMILES string of the molecule is C[C@]1(O)CC2=C(C(=O)c3c(O)cc(N4CCCCC4)c(O)c3C2=O)[C@H](O)[C@H]1O. The molecule has 28 heavy (non-hydrogen) atoms. The zero-order valence-corrected chi connectivity index (χ0v) is 15.5. The third-order valence-electron chi connectivity index (χ3n) is 6.02. The number of aliphatic hydroxyl groups excluding tert-OH is 2. The minimum atomic E-state index is -1.81. The molecule has 150 valence electrons. The summed E-state index contributed by atoms with van der Waals surface area (Å²) in [6.07, 6.45) is -0.908. The Bertz CT molecular complexity index is 912. The average molecular weight is 389 g/mol. The van der Waals surface area contributed by atoms with Gasteiger partial charge in [0, 0.05) is 36.7 Å². The Balaban J connectivity index is 1.89. The molecule has 1 aromatic carbocycles. The number of hydrogen-bond acceptors (Lipinski definition) is 8. The Hall–Kier alpha value is -2.42. The molecular weight excluding hydrogens is 366 g/mol. The van der Waals surface area contributed by atoms with E-state index in [2.05, 4.69) is 0 Å². The van der Waals surface area contributed by atoms with Crippen molar-refractivity contribution >= 4 is 17.3 Å². The summed E-state index contributed by atoms with van der Waals surface area (Å²) in [6, 6.07) is 1.26. The maximum Gasteiger partial charge on any atom is 0.196 e. The van der Waals surface area contributed by atoms with E-state index in [9.17, 15) is 35.1 Å². The summed E-state index contributed by atoms with van der Waals surface area (Å²) < 4.78 is 0. The van der Waals surface area contributed by atoms with Crippen LogP contribution in [0.4, 0.5) is 5.69 Å². The van der Waals surface area contributed by atoms with Crippen molar-refractivity contribution in [3.63, 3.8) is 0 Å². The zero-order chi connectivity index (χ0) is 20.4. The maximum absolute atomic E-state index is 13.1. The summed E-state index contributed by atoms with van der Waals surface area (Å²) in [5.74, 6) is -2.41. The van der Waals surface area contributed by atoms with Gasteiger partial charge in [0.15, 0.2) is 17.3 Å². The summed E-state index contributed by atoms with van der Waals surface area (Å²) in [6.45, 7) is 2.57. The van der Waals surface area contributed by atoms with E-state index >= 15 is 0 Å². The number of Topliss-reactive ketones (excluding diaryl/α,β-unsaturated/α-hetero) is 2. The average Bonchev–Trinajstić information content (AvgIpc) is 2.66. The highest BCUT2D eigenvalue weighted by Crippen LogP contribution is 2.47. The molecule has 3 aliphatic rings. The number of anilines is 1. The smallest absolute Gasteiger partial charge is 0.196 e. The number of phenols is 2. The van der Waals surface area contributed by atoms with E-state index in [-0.39, 0.29) is 40.1 Å². The fourth-order valence-electron chi connectivity index (χ4n) is 4.47. The molecule has 0 aromatic heterocycles. The monoisotopic (exact) mass is 389 g/mol. The number of hydrogen-bond donors (Lipinski definition) is 5. The molecule has 5 N–H and O–H groups in total. The molecule has 8 heteroatoms. The standard InChI is InChI=1S/C20H23NO7/c1-20(28)8-9-12(18(26)19(20)27)17(25)13-11(22)7-10(16(24)14(13)15(9)23)21-5-3-2-4-6-21/h7,18-19,22,24,26-28H,2-6,8H2,1H3/t18-,19+,20-/m0/s1. The first-order chi connectivity index (χ1) is 13.1. The Kier molecular flexibility index (Phi) is 4.26. The maximum atomic E-state index is 13.1. The van der Waals surface area contributed by atoms with Gasteiger partial charge in [0.2, 0.25) is 0 Å². The number of benzene rings is 1. The molecular formula is C20H23NO7. The fourth-order valence-corrected chi connectivity index (χ4v) is 4.47. The van der Waals surface area contributed by atoms with E-state index in [1.54, 1.807) is 0 Å². The third kappa shape index (κ3) is 2.56. The van der Waals surface area contributed by atoms with Crippen LogP contribution in [0.25, 0.3) is 0 Å². The van der Waals surface area contributed by atoms with Gasteiger partial charge in [-0.05, 0) is 26.2 Å². The van der Waals surface area contributed by atoms with Crippen molar-refractivity contribution in [1.29, 1.82) is 0 Å². The van der Waals surface area contributed by atoms with Crippen LogP contribution in [-0.2, 0) is 0 Å². The predicted octanol–water partition coefficient (Wildman–Crippen LogP) is 0.640. The first-order valence-corrected chi connectivity index (χ1v) is 9.40. The number of rotatable bonds is 1. The predicted molar refractivity (Wildman–Crippen MR) is 98.8 cm³/mol. The van der Waals surface area contributed by atoms with Crippen LogP contribution in [-0.4, -0.2) is 68.0 Å². The van der Waals surface area contributed by atoms with Crippen molar-refractivity contribution < 1.29 is 35.1 Å². The molecule has 0 bridgehead atoms. The van der Waals surface area contributed by atoms with Gasteiger partial charge in [0.25, 0.3) is 0 Å². The molecule has 1 aliphatic heterocycles. The van der Waals surface area contributed by atoms with E-state index in [0.717, 1.165) is 19.3 Å². The first kappa shape index (κ1) is 18.9. The van der Waals surface area contributed by atoms with Crippen molar-refractivity contribution in [2.75, 3.05) is 18.0 Å². The number of carbonyl (C=O) groups is 2. The van der Waals surface area contributed by atoms with Gasteiger partial charge in [-0.3, -0.25) is 9.59 Å². The van der Waals surface area contributed by atoms with Crippen molar-refractivity contribution in [2.24, 2.45) is 0 Å². The van der Waals surface area contributed by atoms with Crippen molar-refractivity contribution in [2.45, 2.75) is 50.4 Å².